The summed E-state index contributed by atoms with van der Waals surface area (Å²) in [6.45, 7) is 1.84. The second-order valence-electron chi connectivity index (χ2n) is 3.98. The Balaban J connectivity index is 2.24. The molecule has 1 rings (SSSR count). The highest BCUT2D eigenvalue weighted by Gasteiger charge is 2.06. The standard InChI is InChI=1S/C12H17ClN2O4/c1-8-4-10(2-3-11(8)13)18-6-9(16)5-15-19-7-12(14)17/h2-4,9,15-16H,5-7H2,1H3,(H2,14,17). The molecule has 0 spiro atoms. The van der Waals surface area contributed by atoms with E-state index in [0.29, 0.717) is 10.8 Å². The molecule has 0 aliphatic rings. The zero-order valence-corrected chi connectivity index (χ0v) is 11.3. The molecule has 0 aromatic heterocycles. The second-order valence-corrected chi connectivity index (χ2v) is 4.39. The van der Waals surface area contributed by atoms with Crippen molar-refractivity contribution in [2.45, 2.75) is 13.0 Å². The summed E-state index contributed by atoms with van der Waals surface area (Å²) in [6.07, 6.45) is -0.774. The molecular weight excluding hydrogens is 272 g/mol. The van der Waals surface area contributed by atoms with Gasteiger partial charge in [0.2, 0.25) is 5.91 Å². The van der Waals surface area contributed by atoms with Crippen molar-refractivity contribution in [1.29, 1.82) is 0 Å². The summed E-state index contributed by atoms with van der Waals surface area (Å²) in [6, 6.07) is 5.23. The van der Waals surface area contributed by atoms with Crippen LogP contribution in [0.1, 0.15) is 5.56 Å². The summed E-state index contributed by atoms with van der Waals surface area (Å²) >= 11 is 5.88. The van der Waals surface area contributed by atoms with E-state index in [1.807, 2.05) is 6.92 Å². The van der Waals surface area contributed by atoms with Gasteiger partial charge in [-0.2, -0.15) is 5.48 Å². The van der Waals surface area contributed by atoms with Gasteiger partial charge in [0.05, 0.1) is 6.54 Å². The lowest BCUT2D eigenvalue weighted by atomic mass is 10.2. The normalized spacial score (nSPS) is 12.2. The minimum Gasteiger partial charge on any atom is -0.491 e. The Labute approximate surface area is 116 Å². The highest BCUT2D eigenvalue weighted by molar-refractivity contribution is 6.31. The number of carbonyl (C=O) groups is 1. The Kier molecular flexibility index (Phi) is 6.58. The summed E-state index contributed by atoms with van der Waals surface area (Å²) in [7, 11) is 0. The average molecular weight is 289 g/mol. The quantitative estimate of drug-likeness (QED) is 0.475. The molecule has 1 aromatic rings. The number of hydroxylamine groups is 1. The van der Waals surface area contributed by atoms with E-state index in [1.54, 1.807) is 18.2 Å². The Morgan fingerprint density at radius 1 is 1.58 bits per heavy atom. The Morgan fingerprint density at radius 3 is 2.95 bits per heavy atom. The van der Waals surface area contributed by atoms with Gasteiger partial charge in [0.25, 0.3) is 0 Å². The van der Waals surface area contributed by atoms with Crippen LogP contribution in [0, 0.1) is 6.92 Å². The number of aryl methyl sites for hydroxylation is 1. The van der Waals surface area contributed by atoms with E-state index in [4.69, 9.17) is 26.9 Å². The summed E-state index contributed by atoms with van der Waals surface area (Å²) < 4.78 is 5.39. The molecule has 1 aromatic carbocycles. The van der Waals surface area contributed by atoms with Crippen molar-refractivity contribution in [2.24, 2.45) is 5.73 Å². The lowest BCUT2D eigenvalue weighted by molar-refractivity contribution is -0.125. The maximum atomic E-state index is 10.4. The molecular formula is C12H17ClN2O4. The molecule has 106 valence electrons. The Morgan fingerprint density at radius 2 is 2.32 bits per heavy atom. The molecule has 4 N–H and O–H groups in total. The van der Waals surface area contributed by atoms with E-state index in [1.165, 1.54) is 0 Å². The Hall–Kier alpha value is -1.34. The third-order valence-corrected chi connectivity index (χ3v) is 2.63. The van der Waals surface area contributed by atoms with Gasteiger partial charge in [0.1, 0.15) is 25.1 Å². The van der Waals surface area contributed by atoms with Crippen LogP contribution in [0.25, 0.3) is 0 Å². The molecule has 0 saturated heterocycles. The summed E-state index contributed by atoms with van der Waals surface area (Å²) in [5, 5.41) is 10.3. The highest BCUT2D eigenvalue weighted by Crippen LogP contribution is 2.20. The lowest BCUT2D eigenvalue weighted by Crippen LogP contribution is -2.33. The topological polar surface area (TPSA) is 93.8 Å². The van der Waals surface area contributed by atoms with Gasteiger partial charge >= 0.3 is 0 Å². The van der Waals surface area contributed by atoms with Crippen LogP contribution in [0.5, 0.6) is 5.75 Å². The van der Waals surface area contributed by atoms with Crippen molar-refractivity contribution in [3.63, 3.8) is 0 Å². The zero-order valence-electron chi connectivity index (χ0n) is 10.6. The fraction of sp³-hybridized carbons (Fsp3) is 0.417. The fourth-order valence-corrected chi connectivity index (χ4v) is 1.35. The van der Waals surface area contributed by atoms with Crippen LogP contribution in [0.2, 0.25) is 5.02 Å². The van der Waals surface area contributed by atoms with Crippen LogP contribution in [0.15, 0.2) is 18.2 Å². The van der Waals surface area contributed by atoms with Crippen LogP contribution in [0.4, 0.5) is 0 Å². The molecule has 1 amide bonds. The number of hydrogen-bond acceptors (Lipinski definition) is 5. The molecule has 19 heavy (non-hydrogen) atoms. The van der Waals surface area contributed by atoms with Crippen LogP contribution in [-0.4, -0.2) is 36.9 Å². The van der Waals surface area contributed by atoms with Crippen molar-refractivity contribution >= 4 is 17.5 Å². The Bertz CT molecular complexity index is 428. The number of nitrogens with one attached hydrogen (secondary N) is 1. The number of rotatable bonds is 8. The molecule has 0 aliphatic heterocycles. The summed E-state index contributed by atoms with van der Waals surface area (Å²) in [5.74, 6) is 0.0360. The number of primary amides is 1. The summed E-state index contributed by atoms with van der Waals surface area (Å²) in [4.78, 5) is 15.1. The number of nitrogens with two attached hydrogens (primary N) is 1. The van der Waals surface area contributed by atoms with E-state index in [9.17, 15) is 9.90 Å². The van der Waals surface area contributed by atoms with Gasteiger partial charge in [0, 0.05) is 5.02 Å². The molecule has 0 bridgehead atoms. The molecule has 0 saturated carbocycles. The third-order valence-electron chi connectivity index (χ3n) is 2.21. The molecule has 7 heteroatoms. The number of halogens is 1. The number of ether oxygens (including phenoxy) is 1. The van der Waals surface area contributed by atoms with Gasteiger partial charge in [-0.15, -0.1) is 0 Å². The van der Waals surface area contributed by atoms with Gasteiger partial charge in [-0.25, -0.2) is 0 Å². The van der Waals surface area contributed by atoms with Crippen LogP contribution in [-0.2, 0) is 9.63 Å². The van der Waals surface area contributed by atoms with E-state index >= 15 is 0 Å². The first-order chi connectivity index (χ1) is 8.99. The van der Waals surface area contributed by atoms with Crippen molar-refractivity contribution < 1.29 is 19.5 Å². The fourth-order valence-electron chi connectivity index (χ4n) is 1.24. The molecule has 0 heterocycles. The number of hydrogen-bond donors (Lipinski definition) is 3. The minimum atomic E-state index is -0.774. The SMILES string of the molecule is Cc1cc(OCC(O)CNOCC(N)=O)ccc1Cl. The first-order valence-corrected chi connectivity index (χ1v) is 6.07. The predicted octanol–water partition coefficient (Wildman–Crippen LogP) is 0.395. The largest absolute Gasteiger partial charge is 0.491 e. The van der Waals surface area contributed by atoms with Gasteiger partial charge in [0.15, 0.2) is 0 Å². The van der Waals surface area contributed by atoms with Crippen molar-refractivity contribution in [3.05, 3.63) is 28.8 Å². The zero-order chi connectivity index (χ0) is 14.3. The maximum Gasteiger partial charge on any atom is 0.245 e. The average Bonchev–Trinajstić information content (AvgIpc) is 2.36. The molecule has 0 fully saturated rings. The molecule has 1 unspecified atom stereocenters. The number of amides is 1. The van der Waals surface area contributed by atoms with E-state index < -0.39 is 12.0 Å². The summed E-state index contributed by atoms with van der Waals surface area (Å²) in [5.41, 5.74) is 8.19. The number of aliphatic hydroxyl groups excluding tert-OH is 1. The number of carbonyl (C=O) groups excluding carboxylic acids is 1. The van der Waals surface area contributed by atoms with Crippen molar-refractivity contribution in [1.82, 2.24) is 5.48 Å². The van der Waals surface area contributed by atoms with Crippen LogP contribution >= 0.6 is 11.6 Å². The van der Waals surface area contributed by atoms with Crippen LogP contribution < -0.4 is 16.0 Å². The number of benzene rings is 1. The van der Waals surface area contributed by atoms with Gasteiger partial charge < -0.3 is 15.6 Å². The van der Waals surface area contributed by atoms with E-state index in [-0.39, 0.29) is 19.8 Å². The maximum absolute atomic E-state index is 10.4. The van der Waals surface area contributed by atoms with Crippen molar-refractivity contribution in [2.75, 3.05) is 19.8 Å². The third kappa shape index (κ3) is 6.40. The van der Waals surface area contributed by atoms with Crippen LogP contribution in [0.3, 0.4) is 0 Å². The number of aliphatic hydroxyl groups is 1. The van der Waals surface area contributed by atoms with E-state index in [2.05, 4.69) is 5.48 Å². The first kappa shape index (κ1) is 15.7. The highest BCUT2D eigenvalue weighted by atomic mass is 35.5. The van der Waals surface area contributed by atoms with Gasteiger partial charge in [-0.1, -0.05) is 11.6 Å². The predicted molar refractivity (Wildman–Crippen MR) is 70.8 cm³/mol. The van der Waals surface area contributed by atoms with E-state index in [0.717, 1.165) is 5.56 Å². The second kappa shape index (κ2) is 7.96. The molecule has 0 radical (unpaired) electrons. The molecule has 6 nitrogen and oxygen atoms in total. The minimum absolute atomic E-state index is 0.0913. The molecule has 0 aliphatic carbocycles. The van der Waals surface area contributed by atoms with Crippen molar-refractivity contribution in [3.8, 4) is 5.75 Å². The van der Waals surface area contributed by atoms with Gasteiger partial charge in [-0.05, 0) is 30.7 Å². The first-order valence-electron chi connectivity index (χ1n) is 5.69. The van der Waals surface area contributed by atoms with Gasteiger partial charge in [-0.3, -0.25) is 9.63 Å². The lowest BCUT2D eigenvalue weighted by Gasteiger charge is -2.13. The monoisotopic (exact) mass is 288 g/mol. The molecule has 1 atom stereocenters. The smallest absolute Gasteiger partial charge is 0.245 e.